The molecule has 2 aromatic rings. The van der Waals surface area contributed by atoms with Crippen LogP contribution in [-0.4, -0.2) is 74.2 Å². The highest BCUT2D eigenvalue weighted by Gasteiger charge is 2.20. The molecule has 2 aliphatic rings. The molecule has 5 heteroatoms. The normalized spacial score (nSPS) is 19.1. The standard InChI is InChI=1S/C24H33N3O2/c1-28-23-10-5-9-22-20-26(11-6-18-29-24(22)23)15-12-25-13-16-27(17-14-25)19-21-7-3-2-4-8-21/h2-5,7-10H,6,11-20H2,1H3. The third-order valence-corrected chi connectivity index (χ3v) is 5.99. The fourth-order valence-corrected chi connectivity index (χ4v) is 4.28. The predicted octanol–water partition coefficient (Wildman–Crippen LogP) is 3.10. The molecule has 2 heterocycles. The van der Waals surface area contributed by atoms with Crippen molar-refractivity contribution in [3.8, 4) is 11.5 Å². The lowest BCUT2D eigenvalue weighted by Crippen LogP contribution is -2.48. The summed E-state index contributed by atoms with van der Waals surface area (Å²) in [5.74, 6) is 1.77. The van der Waals surface area contributed by atoms with Crippen molar-refractivity contribution in [2.45, 2.75) is 19.5 Å². The van der Waals surface area contributed by atoms with Crippen LogP contribution in [0.5, 0.6) is 11.5 Å². The maximum atomic E-state index is 5.99. The van der Waals surface area contributed by atoms with E-state index in [9.17, 15) is 0 Å². The number of hydrogen-bond donors (Lipinski definition) is 0. The zero-order chi connectivity index (χ0) is 19.9. The van der Waals surface area contributed by atoms with Gasteiger partial charge >= 0.3 is 0 Å². The molecule has 2 aliphatic heterocycles. The van der Waals surface area contributed by atoms with Gasteiger partial charge in [0.2, 0.25) is 0 Å². The first-order valence-electron chi connectivity index (χ1n) is 10.8. The summed E-state index contributed by atoms with van der Waals surface area (Å²) in [5.41, 5.74) is 2.65. The summed E-state index contributed by atoms with van der Waals surface area (Å²) in [6, 6.07) is 17.0. The second-order valence-corrected chi connectivity index (χ2v) is 8.03. The Labute approximate surface area is 174 Å². The summed E-state index contributed by atoms with van der Waals surface area (Å²) >= 11 is 0. The molecule has 0 N–H and O–H groups in total. The number of rotatable bonds is 6. The molecule has 0 spiro atoms. The molecule has 0 saturated carbocycles. The Morgan fingerprint density at radius 1 is 0.828 bits per heavy atom. The van der Waals surface area contributed by atoms with E-state index < -0.39 is 0 Å². The molecule has 156 valence electrons. The fourth-order valence-electron chi connectivity index (χ4n) is 4.28. The van der Waals surface area contributed by atoms with E-state index in [2.05, 4.69) is 57.2 Å². The van der Waals surface area contributed by atoms with Crippen molar-refractivity contribution in [2.75, 3.05) is 59.5 Å². The number of nitrogens with zero attached hydrogens (tertiary/aromatic N) is 3. The van der Waals surface area contributed by atoms with Crippen molar-refractivity contribution < 1.29 is 9.47 Å². The SMILES string of the molecule is COc1cccc2c1OCCCN(CCN1CCN(Cc3ccccc3)CC1)C2. The predicted molar refractivity (Wildman–Crippen MR) is 117 cm³/mol. The van der Waals surface area contributed by atoms with Crippen LogP contribution in [0.1, 0.15) is 17.5 Å². The average molecular weight is 396 g/mol. The third kappa shape index (κ3) is 5.50. The largest absolute Gasteiger partial charge is 0.493 e. The minimum absolute atomic E-state index is 0.752. The van der Waals surface area contributed by atoms with Gasteiger partial charge in [-0.3, -0.25) is 14.7 Å². The van der Waals surface area contributed by atoms with Crippen molar-refractivity contribution >= 4 is 0 Å². The summed E-state index contributed by atoms with van der Waals surface area (Å²) in [6.07, 6.45) is 1.06. The Kier molecular flexibility index (Phi) is 7.04. The topological polar surface area (TPSA) is 28.2 Å². The summed E-state index contributed by atoms with van der Waals surface area (Å²) in [5, 5.41) is 0. The van der Waals surface area contributed by atoms with Crippen LogP contribution in [0, 0.1) is 0 Å². The lowest BCUT2D eigenvalue weighted by Gasteiger charge is -2.36. The van der Waals surface area contributed by atoms with Crippen molar-refractivity contribution in [1.82, 2.24) is 14.7 Å². The van der Waals surface area contributed by atoms with Gasteiger partial charge in [0.15, 0.2) is 11.5 Å². The Balaban J connectivity index is 1.26. The number of piperazine rings is 1. The number of hydrogen-bond acceptors (Lipinski definition) is 5. The molecule has 4 rings (SSSR count). The first-order valence-corrected chi connectivity index (χ1v) is 10.8. The van der Waals surface area contributed by atoms with E-state index in [0.29, 0.717) is 0 Å². The van der Waals surface area contributed by atoms with Gasteiger partial charge in [-0.25, -0.2) is 0 Å². The first kappa shape index (κ1) is 20.2. The Hall–Kier alpha value is -2.08. The lowest BCUT2D eigenvalue weighted by molar-refractivity contribution is 0.109. The zero-order valence-electron chi connectivity index (χ0n) is 17.6. The van der Waals surface area contributed by atoms with Crippen LogP contribution in [-0.2, 0) is 13.1 Å². The molecule has 0 amide bonds. The van der Waals surface area contributed by atoms with E-state index in [-0.39, 0.29) is 0 Å². The maximum Gasteiger partial charge on any atom is 0.165 e. The molecule has 1 fully saturated rings. The van der Waals surface area contributed by atoms with Crippen LogP contribution in [0.2, 0.25) is 0 Å². The fraction of sp³-hybridized carbons (Fsp3) is 0.500. The van der Waals surface area contributed by atoms with Crippen LogP contribution >= 0.6 is 0 Å². The molecule has 29 heavy (non-hydrogen) atoms. The quantitative estimate of drug-likeness (QED) is 0.750. The highest BCUT2D eigenvalue weighted by molar-refractivity contribution is 5.46. The van der Waals surface area contributed by atoms with Crippen molar-refractivity contribution in [1.29, 1.82) is 0 Å². The van der Waals surface area contributed by atoms with E-state index in [4.69, 9.17) is 9.47 Å². The summed E-state index contributed by atoms with van der Waals surface area (Å²) in [6.45, 7) is 10.7. The van der Waals surface area contributed by atoms with E-state index in [1.165, 1.54) is 11.1 Å². The van der Waals surface area contributed by atoms with Gasteiger partial charge in [-0.05, 0) is 18.1 Å². The molecule has 0 atom stereocenters. The summed E-state index contributed by atoms with van der Waals surface area (Å²) in [7, 11) is 1.72. The number of para-hydroxylation sites is 1. The number of benzene rings is 2. The van der Waals surface area contributed by atoms with Gasteiger partial charge in [0.1, 0.15) is 0 Å². The second-order valence-electron chi connectivity index (χ2n) is 8.03. The van der Waals surface area contributed by atoms with Gasteiger partial charge in [0, 0.05) is 64.5 Å². The Bertz CT molecular complexity index is 760. The first-order chi connectivity index (χ1) is 14.3. The molecule has 1 saturated heterocycles. The van der Waals surface area contributed by atoms with Crippen LogP contribution in [0.25, 0.3) is 0 Å². The highest BCUT2D eigenvalue weighted by atomic mass is 16.5. The monoisotopic (exact) mass is 395 g/mol. The van der Waals surface area contributed by atoms with E-state index in [1.807, 2.05) is 6.07 Å². The Morgan fingerprint density at radius 3 is 2.38 bits per heavy atom. The van der Waals surface area contributed by atoms with Crippen LogP contribution in [0.4, 0.5) is 0 Å². The summed E-state index contributed by atoms with van der Waals surface area (Å²) < 4.78 is 11.5. The van der Waals surface area contributed by atoms with Gasteiger partial charge in [-0.15, -0.1) is 0 Å². The molecular weight excluding hydrogens is 362 g/mol. The lowest BCUT2D eigenvalue weighted by atomic mass is 10.1. The molecule has 2 aromatic carbocycles. The van der Waals surface area contributed by atoms with E-state index in [1.54, 1.807) is 7.11 Å². The molecular formula is C24H33N3O2. The van der Waals surface area contributed by atoms with E-state index >= 15 is 0 Å². The van der Waals surface area contributed by atoms with Crippen LogP contribution < -0.4 is 9.47 Å². The van der Waals surface area contributed by atoms with Gasteiger partial charge in [0.05, 0.1) is 13.7 Å². The van der Waals surface area contributed by atoms with Gasteiger partial charge in [0.25, 0.3) is 0 Å². The zero-order valence-corrected chi connectivity index (χ0v) is 17.6. The molecule has 0 aromatic heterocycles. The van der Waals surface area contributed by atoms with Crippen molar-refractivity contribution in [2.24, 2.45) is 0 Å². The summed E-state index contributed by atoms with van der Waals surface area (Å²) in [4.78, 5) is 7.75. The molecule has 5 nitrogen and oxygen atoms in total. The molecule has 0 bridgehead atoms. The number of ether oxygens (including phenoxy) is 2. The maximum absolute atomic E-state index is 5.99. The highest BCUT2D eigenvalue weighted by Crippen LogP contribution is 2.33. The van der Waals surface area contributed by atoms with Crippen molar-refractivity contribution in [3.63, 3.8) is 0 Å². The van der Waals surface area contributed by atoms with Gasteiger partial charge < -0.3 is 9.47 Å². The minimum atomic E-state index is 0.752. The Morgan fingerprint density at radius 2 is 1.59 bits per heavy atom. The third-order valence-electron chi connectivity index (χ3n) is 5.99. The number of methoxy groups -OCH3 is 1. The molecule has 0 radical (unpaired) electrons. The molecule has 0 unspecified atom stereocenters. The minimum Gasteiger partial charge on any atom is -0.493 e. The second kappa shape index (κ2) is 10.1. The van der Waals surface area contributed by atoms with Crippen molar-refractivity contribution in [3.05, 3.63) is 59.7 Å². The van der Waals surface area contributed by atoms with Crippen LogP contribution in [0.3, 0.4) is 0 Å². The van der Waals surface area contributed by atoms with E-state index in [0.717, 1.165) is 83.4 Å². The van der Waals surface area contributed by atoms with Gasteiger partial charge in [-0.1, -0.05) is 42.5 Å². The van der Waals surface area contributed by atoms with Gasteiger partial charge in [-0.2, -0.15) is 0 Å². The average Bonchev–Trinajstić information content (AvgIpc) is 2.75. The smallest absolute Gasteiger partial charge is 0.165 e. The van der Waals surface area contributed by atoms with Crippen LogP contribution in [0.15, 0.2) is 48.5 Å². The molecule has 0 aliphatic carbocycles. The number of fused-ring (bicyclic) bond motifs is 1.